The molecule has 0 heterocycles. The zero-order valence-electron chi connectivity index (χ0n) is 3.74. The lowest BCUT2D eigenvalue weighted by atomic mass is 10.6. The molecular formula is C4H9NO+. The number of nitrogens with one attached hydrogen (secondary N) is 1. The summed E-state index contributed by atoms with van der Waals surface area (Å²) in [6, 6.07) is 0. The third-order valence-corrected chi connectivity index (χ3v) is 0.456. The van der Waals surface area contributed by atoms with Crippen molar-refractivity contribution < 1.29 is 5.11 Å². The Kier molecular flexibility index (Phi) is 4.62. The summed E-state index contributed by atoms with van der Waals surface area (Å²) >= 11 is 0. The van der Waals surface area contributed by atoms with E-state index in [0.29, 0.717) is 13.1 Å². The molecule has 0 aromatic rings. The van der Waals surface area contributed by atoms with Crippen LogP contribution in [0.15, 0.2) is 0 Å². The van der Waals surface area contributed by atoms with Gasteiger partial charge in [-0.15, -0.1) is 0 Å². The summed E-state index contributed by atoms with van der Waals surface area (Å²) < 4.78 is 0. The molecule has 0 aliphatic rings. The predicted molar refractivity (Wildman–Crippen MR) is 23.8 cm³/mol. The fraction of sp³-hybridized carbons (Fsp3) is 0.750. The zero-order chi connectivity index (χ0) is 4.83. The lowest BCUT2D eigenvalue weighted by molar-refractivity contribution is 0.195. The zero-order valence-corrected chi connectivity index (χ0v) is 3.74. The number of hydrogen-bond acceptors (Lipinski definition) is 1. The van der Waals surface area contributed by atoms with Crippen LogP contribution in [0.1, 0.15) is 0 Å². The van der Waals surface area contributed by atoms with Gasteiger partial charge in [0.15, 0.2) is 0 Å². The van der Waals surface area contributed by atoms with Crippen molar-refractivity contribution >= 4 is 0 Å². The summed E-state index contributed by atoms with van der Waals surface area (Å²) in [5.41, 5.74) is 0. The lowest BCUT2D eigenvalue weighted by Gasteiger charge is -1.85. The van der Waals surface area contributed by atoms with E-state index in [-0.39, 0.29) is 6.61 Å². The Hall–Kier alpha value is -0.210. The molecule has 0 aliphatic heterocycles. The SMILES string of the molecule is [CH2+]CNCC[O]. The molecule has 0 unspecified atom stereocenters. The minimum Gasteiger partial charge on any atom is -0.277 e. The second-order valence-electron chi connectivity index (χ2n) is 0.954. The quantitative estimate of drug-likeness (QED) is 0.376. The highest BCUT2D eigenvalue weighted by molar-refractivity contribution is 4.43. The first-order chi connectivity index (χ1) is 2.91. The molecule has 6 heavy (non-hydrogen) atoms. The summed E-state index contributed by atoms with van der Waals surface area (Å²) in [6.07, 6.45) is 0. The van der Waals surface area contributed by atoms with Crippen molar-refractivity contribution in [2.45, 2.75) is 0 Å². The Labute approximate surface area is 38.2 Å². The van der Waals surface area contributed by atoms with Crippen molar-refractivity contribution in [3.63, 3.8) is 0 Å². The standard InChI is InChI=1S/C4H9NO/c1-2-5-3-4-6/h5H,1-4H2/q+1. The Morgan fingerprint density at radius 3 is 2.50 bits per heavy atom. The second kappa shape index (κ2) is 4.79. The van der Waals surface area contributed by atoms with E-state index in [4.69, 9.17) is 0 Å². The van der Waals surface area contributed by atoms with E-state index in [1.807, 2.05) is 0 Å². The van der Waals surface area contributed by atoms with Crippen molar-refractivity contribution in [2.24, 2.45) is 0 Å². The molecule has 0 aromatic carbocycles. The fourth-order valence-electron chi connectivity index (χ4n) is 0.197. The van der Waals surface area contributed by atoms with Crippen LogP contribution in [0.4, 0.5) is 0 Å². The molecular weight excluding hydrogens is 78.0 g/mol. The first-order valence-corrected chi connectivity index (χ1v) is 2.00. The van der Waals surface area contributed by atoms with Gasteiger partial charge in [-0.3, -0.25) is 5.32 Å². The van der Waals surface area contributed by atoms with Crippen molar-refractivity contribution in [2.75, 3.05) is 19.7 Å². The van der Waals surface area contributed by atoms with Gasteiger partial charge in [0.05, 0.1) is 13.5 Å². The van der Waals surface area contributed by atoms with Crippen LogP contribution in [0, 0.1) is 6.92 Å². The normalized spacial score (nSPS) is 8.83. The van der Waals surface area contributed by atoms with E-state index in [1.165, 1.54) is 0 Å². The van der Waals surface area contributed by atoms with Crippen LogP contribution in [0.25, 0.3) is 0 Å². The number of hydrogen-bond donors (Lipinski definition) is 1. The molecule has 0 bridgehead atoms. The van der Waals surface area contributed by atoms with Gasteiger partial charge in [-0.1, -0.05) is 0 Å². The molecule has 0 amide bonds. The monoisotopic (exact) mass is 87.1 g/mol. The largest absolute Gasteiger partial charge is 0.277 e. The Morgan fingerprint density at radius 1 is 1.67 bits per heavy atom. The van der Waals surface area contributed by atoms with Crippen LogP contribution < -0.4 is 5.32 Å². The van der Waals surface area contributed by atoms with Crippen molar-refractivity contribution in [1.82, 2.24) is 5.32 Å². The van der Waals surface area contributed by atoms with Crippen molar-refractivity contribution in [3.05, 3.63) is 6.92 Å². The highest BCUT2D eigenvalue weighted by atomic mass is 16.3. The Bertz CT molecular complexity index is 19.5. The van der Waals surface area contributed by atoms with Crippen LogP contribution in [0.3, 0.4) is 0 Å². The summed E-state index contributed by atoms with van der Waals surface area (Å²) in [4.78, 5) is 0. The molecule has 35 valence electrons. The molecule has 2 heteroatoms. The van der Waals surface area contributed by atoms with Gasteiger partial charge in [-0.05, 0) is 0 Å². The van der Waals surface area contributed by atoms with Crippen LogP contribution in [-0.2, 0) is 5.11 Å². The molecule has 2 nitrogen and oxygen atoms in total. The van der Waals surface area contributed by atoms with Gasteiger partial charge in [0.25, 0.3) is 0 Å². The van der Waals surface area contributed by atoms with E-state index < -0.39 is 0 Å². The first-order valence-electron chi connectivity index (χ1n) is 2.00. The lowest BCUT2D eigenvalue weighted by Crippen LogP contribution is -2.16. The molecule has 1 N–H and O–H groups in total. The van der Waals surface area contributed by atoms with E-state index in [9.17, 15) is 5.11 Å². The van der Waals surface area contributed by atoms with E-state index >= 15 is 0 Å². The number of rotatable bonds is 3. The van der Waals surface area contributed by atoms with E-state index in [1.54, 1.807) is 0 Å². The second-order valence-corrected chi connectivity index (χ2v) is 0.954. The summed E-state index contributed by atoms with van der Waals surface area (Å²) in [5.74, 6) is 0. The fourth-order valence-corrected chi connectivity index (χ4v) is 0.197. The summed E-state index contributed by atoms with van der Waals surface area (Å²) in [5, 5.41) is 12.4. The first kappa shape index (κ1) is 5.79. The highest BCUT2D eigenvalue weighted by Gasteiger charge is 1.78. The maximum absolute atomic E-state index is 9.60. The van der Waals surface area contributed by atoms with Crippen LogP contribution in [0.2, 0.25) is 0 Å². The van der Waals surface area contributed by atoms with Gasteiger partial charge in [0.2, 0.25) is 0 Å². The van der Waals surface area contributed by atoms with Crippen LogP contribution >= 0.6 is 0 Å². The van der Waals surface area contributed by atoms with Crippen LogP contribution in [0.5, 0.6) is 0 Å². The molecule has 0 fully saturated rings. The average Bonchev–Trinajstić information content (AvgIpc) is 1.61. The molecule has 1 radical (unpaired) electrons. The van der Waals surface area contributed by atoms with E-state index in [0.717, 1.165) is 0 Å². The van der Waals surface area contributed by atoms with Crippen molar-refractivity contribution in [3.8, 4) is 0 Å². The minimum atomic E-state index is -0.0461. The molecule has 0 aromatic heterocycles. The van der Waals surface area contributed by atoms with Gasteiger partial charge in [0.1, 0.15) is 6.54 Å². The van der Waals surface area contributed by atoms with Crippen molar-refractivity contribution in [1.29, 1.82) is 0 Å². The highest BCUT2D eigenvalue weighted by Crippen LogP contribution is 1.51. The molecule has 0 aliphatic carbocycles. The Morgan fingerprint density at radius 2 is 2.33 bits per heavy atom. The Balaban J connectivity index is 2.34. The smallest absolute Gasteiger partial charge is 0.136 e. The van der Waals surface area contributed by atoms with Gasteiger partial charge >= 0.3 is 0 Å². The third kappa shape index (κ3) is 3.79. The molecule has 0 rings (SSSR count). The van der Waals surface area contributed by atoms with E-state index in [2.05, 4.69) is 12.2 Å². The maximum atomic E-state index is 9.60. The molecule has 0 saturated heterocycles. The van der Waals surface area contributed by atoms with Crippen LogP contribution in [-0.4, -0.2) is 19.7 Å². The molecule has 0 spiro atoms. The van der Waals surface area contributed by atoms with Gasteiger partial charge in [0, 0.05) is 6.54 Å². The summed E-state index contributed by atoms with van der Waals surface area (Å²) in [6.45, 7) is 4.63. The minimum absolute atomic E-state index is 0.0461. The third-order valence-electron chi connectivity index (χ3n) is 0.456. The topological polar surface area (TPSA) is 31.9 Å². The molecule has 0 atom stereocenters. The maximum Gasteiger partial charge on any atom is 0.136 e. The van der Waals surface area contributed by atoms with Gasteiger partial charge in [-0.2, -0.15) is 0 Å². The summed E-state index contributed by atoms with van der Waals surface area (Å²) in [7, 11) is 0. The average molecular weight is 87.1 g/mol. The van der Waals surface area contributed by atoms with Gasteiger partial charge < -0.3 is 0 Å². The predicted octanol–water partition coefficient (Wildman–Crippen LogP) is -0.159. The molecule has 0 saturated carbocycles. The van der Waals surface area contributed by atoms with Gasteiger partial charge in [-0.25, -0.2) is 5.11 Å².